The van der Waals surface area contributed by atoms with Gasteiger partial charge in [0.25, 0.3) is 0 Å². The van der Waals surface area contributed by atoms with Crippen molar-refractivity contribution in [1.82, 2.24) is 0 Å². The maximum Gasteiger partial charge on any atom is 0.161 e. The lowest BCUT2D eigenvalue weighted by Crippen LogP contribution is -1.92. The summed E-state index contributed by atoms with van der Waals surface area (Å²) in [7, 11) is 0. The minimum Gasteiger partial charge on any atom is -0.459 e. The highest BCUT2D eigenvalue weighted by molar-refractivity contribution is 7.99. The van der Waals surface area contributed by atoms with Crippen LogP contribution in [-0.2, 0) is 9.47 Å². The predicted molar refractivity (Wildman–Crippen MR) is 61.0 cm³/mol. The van der Waals surface area contributed by atoms with Crippen LogP contribution in [0.3, 0.4) is 0 Å². The van der Waals surface area contributed by atoms with E-state index in [2.05, 4.69) is 0 Å². The van der Waals surface area contributed by atoms with Gasteiger partial charge in [-0.05, 0) is 12.1 Å². The smallest absolute Gasteiger partial charge is 0.161 e. The maximum atomic E-state index is 5.76. The second kappa shape index (κ2) is 4.41. The predicted octanol–water partition coefficient (Wildman–Crippen LogP) is 2.80. The van der Waals surface area contributed by atoms with Crippen LogP contribution in [0.2, 0.25) is 0 Å². The van der Waals surface area contributed by atoms with Gasteiger partial charge in [0.05, 0.1) is 13.2 Å². The van der Waals surface area contributed by atoms with Crippen LogP contribution >= 0.6 is 23.5 Å². The molecule has 2 aliphatic heterocycles. The lowest BCUT2D eigenvalue weighted by atomic mass is 10.4. The fraction of sp³-hybridized carbons (Fsp3) is 0.600. The zero-order valence-corrected chi connectivity index (χ0v) is 9.81. The van der Waals surface area contributed by atoms with Crippen LogP contribution in [0.15, 0.2) is 16.5 Å². The molecule has 0 aromatic carbocycles. The molecule has 2 saturated heterocycles. The molecule has 3 heterocycles. The van der Waals surface area contributed by atoms with Crippen LogP contribution in [0.4, 0.5) is 0 Å². The number of ether oxygens (including phenoxy) is 2. The molecule has 3 rings (SSSR count). The Morgan fingerprint density at radius 3 is 1.87 bits per heavy atom. The third-order valence-electron chi connectivity index (χ3n) is 2.36. The van der Waals surface area contributed by atoms with Gasteiger partial charge in [0.1, 0.15) is 11.5 Å². The van der Waals surface area contributed by atoms with Crippen LogP contribution < -0.4 is 0 Å². The van der Waals surface area contributed by atoms with Crippen molar-refractivity contribution in [2.24, 2.45) is 0 Å². The van der Waals surface area contributed by atoms with Gasteiger partial charge in [-0.15, -0.1) is 23.5 Å². The van der Waals surface area contributed by atoms with Gasteiger partial charge < -0.3 is 13.9 Å². The van der Waals surface area contributed by atoms with Crippen molar-refractivity contribution in [3.05, 3.63) is 23.7 Å². The molecule has 0 saturated carbocycles. The lowest BCUT2D eigenvalue weighted by molar-refractivity contribution is 0.109. The van der Waals surface area contributed by atoms with Gasteiger partial charge in [-0.1, -0.05) is 0 Å². The average molecular weight is 244 g/mol. The summed E-state index contributed by atoms with van der Waals surface area (Å²) in [6.07, 6.45) is 0. The highest BCUT2D eigenvalue weighted by Crippen LogP contribution is 2.40. The van der Waals surface area contributed by atoms with Crippen molar-refractivity contribution < 1.29 is 13.9 Å². The monoisotopic (exact) mass is 244 g/mol. The molecule has 1 aromatic heterocycles. The van der Waals surface area contributed by atoms with Gasteiger partial charge in [0, 0.05) is 11.5 Å². The van der Waals surface area contributed by atoms with Crippen LogP contribution in [0.25, 0.3) is 0 Å². The topological polar surface area (TPSA) is 31.6 Å². The third-order valence-corrected chi connectivity index (χ3v) is 4.50. The van der Waals surface area contributed by atoms with Crippen LogP contribution in [0.1, 0.15) is 22.4 Å². The number of hydrogen-bond acceptors (Lipinski definition) is 5. The zero-order chi connectivity index (χ0) is 10.1. The molecule has 2 atom stereocenters. The molecule has 0 radical (unpaired) electrons. The van der Waals surface area contributed by atoms with Crippen molar-refractivity contribution >= 4 is 23.5 Å². The van der Waals surface area contributed by atoms with Crippen molar-refractivity contribution in [3.8, 4) is 0 Å². The lowest BCUT2D eigenvalue weighted by Gasteiger charge is -2.06. The van der Waals surface area contributed by atoms with Crippen molar-refractivity contribution in [2.75, 3.05) is 24.7 Å². The molecule has 15 heavy (non-hydrogen) atoms. The molecule has 2 fully saturated rings. The quantitative estimate of drug-likeness (QED) is 0.798. The number of rotatable bonds is 2. The Balaban J connectivity index is 1.74. The van der Waals surface area contributed by atoms with Crippen LogP contribution in [0, 0.1) is 0 Å². The minimum absolute atomic E-state index is 0.0881. The van der Waals surface area contributed by atoms with Gasteiger partial charge in [-0.2, -0.15) is 0 Å². The SMILES string of the molecule is c1cc(C2OCCS2)oc1C1OCCS1. The summed E-state index contributed by atoms with van der Waals surface area (Å²) in [5.41, 5.74) is 0.176. The second-order valence-electron chi connectivity index (χ2n) is 3.39. The van der Waals surface area contributed by atoms with E-state index in [1.165, 1.54) is 0 Å². The Morgan fingerprint density at radius 2 is 1.47 bits per heavy atom. The Morgan fingerprint density at radius 1 is 0.933 bits per heavy atom. The van der Waals surface area contributed by atoms with Crippen molar-refractivity contribution in [3.63, 3.8) is 0 Å². The molecule has 3 nitrogen and oxygen atoms in total. The first-order valence-corrected chi connectivity index (χ1v) is 7.09. The molecule has 82 valence electrons. The van der Waals surface area contributed by atoms with Gasteiger partial charge in [-0.3, -0.25) is 0 Å². The average Bonchev–Trinajstić information content (AvgIpc) is 3.02. The van der Waals surface area contributed by atoms with E-state index in [1.807, 2.05) is 12.1 Å². The fourth-order valence-electron chi connectivity index (χ4n) is 1.67. The normalized spacial score (nSPS) is 31.2. The molecule has 2 aliphatic rings. The largest absolute Gasteiger partial charge is 0.459 e. The standard InChI is InChI=1S/C10H12O3S2/c1-2-8(10-12-4-6-15-10)13-7(1)9-11-3-5-14-9/h1-2,9-10H,3-6H2. The summed E-state index contributed by atoms with van der Waals surface area (Å²) >= 11 is 3.58. The maximum absolute atomic E-state index is 5.76. The molecule has 0 amide bonds. The van der Waals surface area contributed by atoms with Gasteiger partial charge in [0.15, 0.2) is 10.9 Å². The van der Waals surface area contributed by atoms with Gasteiger partial charge in [-0.25, -0.2) is 0 Å². The highest BCUT2D eigenvalue weighted by atomic mass is 32.2. The van der Waals surface area contributed by atoms with E-state index in [-0.39, 0.29) is 10.9 Å². The number of hydrogen-bond donors (Lipinski definition) is 0. The molecular weight excluding hydrogens is 232 g/mol. The first-order valence-electron chi connectivity index (χ1n) is 4.99. The minimum atomic E-state index is 0.0881. The molecule has 0 bridgehead atoms. The summed E-state index contributed by atoms with van der Waals surface area (Å²) in [4.78, 5) is 0. The first kappa shape index (κ1) is 10.1. The molecule has 0 N–H and O–H groups in total. The van der Waals surface area contributed by atoms with Crippen LogP contribution in [0.5, 0.6) is 0 Å². The van der Waals surface area contributed by atoms with Crippen molar-refractivity contribution in [1.29, 1.82) is 0 Å². The van der Waals surface area contributed by atoms with E-state index >= 15 is 0 Å². The van der Waals surface area contributed by atoms with Gasteiger partial charge in [0.2, 0.25) is 0 Å². The molecule has 0 spiro atoms. The zero-order valence-electron chi connectivity index (χ0n) is 8.18. The molecule has 5 heteroatoms. The van der Waals surface area contributed by atoms with E-state index in [1.54, 1.807) is 23.5 Å². The Labute approximate surface area is 96.9 Å². The third kappa shape index (κ3) is 2.06. The van der Waals surface area contributed by atoms with E-state index in [0.29, 0.717) is 0 Å². The molecule has 2 unspecified atom stereocenters. The number of furan rings is 1. The summed E-state index contributed by atoms with van der Waals surface area (Å²) < 4.78 is 16.8. The van der Waals surface area contributed by atoms with Gasteiger partial charge >= 0.3 is 0 Å². The molecule has 0 aliphatic carbocycles. The van der Waals surface area contributed by atoms with E-state index in [0.717, 1.165) is 36.2 Å². The molecular formula is C10H12O3S2. The summed E-state index contributed by atoms with van der Waals surface area (Å²) in [6.45, 7) is 1.64. The summed E-state index contributed by atoms with van der Waals surface area (Å²) in [6, 6.07) is 4.00. The Bertz CT molecular complexity index is 297. The van der Waals surface area contributed by atoms with Crippen LogP contribution in [-0.4, -0.2) is 24.7 Å². The first-order chi connectivity index (χ1) is 7.43. The van der Waals surface area contributed by atoms with Crippen molar-refractivity contribution in [2.45, 2.75) is 10.9 Å². The van der Waals surface area contributed by atoms with E-state index < -0.39 is 0 Å². The Hall–Kier alpha value is -0.100. The number of thioether (sulfide) groups is 2. The van der Waals surface area contributed by atoms with E-state index in [4.69, 9.17) is 13.9 Å². The fourth-order valence-corrected chi connectivity index (χ4v) is 3.45. The molecule has 1 aromatic rings. The summed E-state index contributed by atoms with van der Waals surface area (Å²) in [5, 5.41) is 0. The highest BCUT2D eigenvalue weighted by Gasteiger charge is 2.26. The Kier molecular flexibility index (Phi) is 2.96. The second-order valence-corrected chi connectivity index (χ2v) is 5.73. The van der Waals surface area contributed by atoms with E-state index in [9.17, 15) is 0 Å². The summed E-state index contributed by atoms with van der Waals surface area (Å²) in [5.74, 6) is 3.94.